The van der Waals surface area contributed by atoms with Gasteiger partial charge < -0.3 is 9.64 Å². The molecule has 6 heteroatoms. The molecule has 0 bridgehead atoms. The molecule has 1 fully saturated rings. The van der Waals surface area contributed by atoms with E-state index in [1.54, 1.807) is 24.8 Å². The standard InChI is InChI=1S/C15H19ClN2O3/c1-3-21-14(19)10-17-8-9-18(15(20)11(17)2)13-7-5-4-6-12(13)16/h4-7,11H,3,8-10H2,1-2H3. The number of carbonyl (C=O) groups excluding carboxylic acids is 2. The predicted molar refractivity (Wildman–Crippen MR) is 81.5 cm³/mol. The molecule has 21 heavy (non-hydrogen) atoms. The van der Waals surface area contributed by atoms with Crippen LogP contribution in [0.25, 0.3) is 0 Å². The Bertz CT molecular complexity index is 535. The molecular formula is C15H19ClN2O3. The molecule has 1 aromatic carbocycles. The Hall–Kier alpha value is -1.59. The van der Waals surface area contributed by atoms with Crippen molar-refractivity contribution in [3.05, 3.63) is 29.3 Å². The number of nitrogens with zero attached hydrogens (tertiary/aromatic N) is 2. The average molecular weight is 311 g/mol. The Morgan fingerprint density at radius 2 is 2.10 bits per heavy atom. The van der Waals surface area contributed by atoms with Crippen molar-refractivity contribution in [2.45, 2.75) is 19.9 Å². The second kappa shape index (κ2) is 6.91. The van der Waals surface area contributed by atoms with Crippen LogP contribution in [-0.4, -0.2) is 49.1 Å². The number of halogens is 1. The number of esters is 1. The van der Waals surface area contributed by atoms with Crippen LogP contribution in [0.5, 0.6) is 0 Å². The summed E-state index contributed by atoms with van der Waals surface area (Å²) in [5.41, 5.74) is 0.715. The smallest absolute Gasteiger partial charge is 0.320 e. The number of benzene rings is 1. The van der Waals surface area contributed by atoms with E-state index in [9.17, 15) is 9.59 Å². The molecule has 0 radical (unpaired) electrons. The number of anilines is 1. The maximum Gasteiger partial charge on any atom is 0.320 e. The van der Waals surface area contributed by atoms with Crippen molar-refractivity contribution in [2.24, 2.45) is 0 Å². The van der Waals surface area contributed by atoms with Gasteiger partial charge in [-0.25, -0.2) is 0 Å². The lowest BCUT2D eigenvalue weighted by Crippen LogP contribution is -2.57. The van der Waals surface area contributed by atoms with Gasteiger partial charge in [-0.3, -0.25) is 14.5 Å². The summed E-state index contributed by atoms with van der Waals surface area (Å²) in [7, 11) is 0. The van der Waals surface area contributed by atoms with Crippen LogP contribution in [0.4, 0.5) is 5.69 Å². The van der Waals surface area contributed by atoms with Gasteiger partial charge in [-0.2, -0.15) is 0 Å². The largest absolute Gasteiger partial charge is 0.465 e. The van der Waals surface area contributed by atoms with Gasteiger partial charge in [-0.15, -0.1) is 0 Å². The molecule has 1 aromatic rings. The van der Waals surface area contributed by atoms with Crippen LogP contribution in [0.1, 0.15) is 13.8 Å². The SMILES string of the molecule is CCOC(=O)CN1CCN(c2ccccc2Cl)C(=O)C1C. The fourth-order valence-corrected chi connectivity index (χ4v) is 2.65. The molecule has 114 valence electrons. The third kappa shape index (κ3) is 3.54. The van der Waals surface area contributed by atoms with E-state index in [0.29, 0.717) is 30.4 Å². The summed E-state index contributed by atoms with van der Waals surface area (Å²) < 4.78 is 4.93. The molecule has 1 atom stereocenters. The quantitative estimate of drug-likeness (QED) is 0.798. The van der Waals surface area contributed by atoms with Crippen LogP contribution in [0.2, 0.25) is 5.02 Å². The highest BCUT2D eigenvalue weighted by molar-refractivity contribution is 6.33. The summed E-state index contributed by atoms with van der Waals surface area (Å²) in [4.78, 5) is 27.6. The molecule has 1 heterocycles. The summed E-state index contributed by atoms with van der Waals surface area (Å²) in [6.45, 7) is 5.16. The number of piperazine rings is 1. The summed E-state index contributed by atoms with van der Waals surface area (Å²) in [6, 6.07) is 6.90. The first-order chi connectivity index (χ1) is 10.0. The maximum atomic E-state index is 12.5. The van der Waals surface area contributed by atoms with Crippen LogP contribution in [0.3, 0.4) is 0 Å². The first-order valence-corrected chi connectivity index (χ1v) is 7.38. The topological polar surface area (TPSA) is 49.9 Å². The maximum absolute atomic E-state index is 12.5. The van der Waals surface area contributed by atoms with Crippen molar-refractivity contribution >= 4 is 29.2 Å². The van der Waals surface area contributed by atoms with Crippen molar-refractivity contribution in [3.63, 3.8) is 0 Å². The first-order valence-electron chi connectivity index (χ1n) is 7.00. The number of para-hydroxylation sites is 1. The first kappa shape index (κ1) is 15.8. The van der Waals surface area contributed by atoms with Crippen molar-refractivity contribution in [2.75, 3.05) is 31.1 Å². The summed E-state index contributed by atoms with van der Waals surface area (Å²) in [5.74, 6) is -0.359. The highest BCUT2D eigenvalue weighted by Gasteiger charge is 2.34. The number of hydrogen-bond acceptors (Lipinski definition) is 4. The van der Waals surface area contributed by atoms with Gasteiger partial charge in [0.2, 0.25) is 5.91 Å². The molecule has 1 aliphatic rings. The van der Waals surface area contributed by atoms with Gasteiger partial charge in [-0.1, -0.05) is 23.7 Å². The van der Waals surface area contributed by atoms with Crippen molar-refractivity contribution < 1.29 is 14.3 Å². The lowest BCUT2D eigenvalue weighted by atomic mass is 10.1. The number of rotatable bonds is 4. The van der Waals surface area contributed by atoms with Crippen molar-refractivity contribution in [1.29, 1.82) is 0 Å². The van der Waals surface area contributed by atoms with Crippen LogP contribution in [-0.2, 0) is 14.3 Å². The molecule has 2 rings (SSSR count). The monoisotopic (exact) mass is 310 g/mol. The highest BCUT2D eigenvalue weighted by Crippen LogP contribution is 2.27. The molecule has 5 nitrogen and oxygen atoms in total. The van der Waals surface area contributed by atoms with Crippen molar-refractivity contribution in [1.82, 2.24) is 4.90 Å². The van der Waals surface area contributed by atoms with E-state index in [1.807, 2.05) is 23.1 Å². The zero-order chi connectivity index (χ0) is 15.4. The second-order valence-corrected chi connectivity index (χ2v) is 5.30. The van der Waals surface area contributed by atoms with Gasteiger partial charge >= 0.3 is 5.97 Å². The van der Waals surface area contributed by atoms with E-state index < -0.39 is 0 Å². The minimum absolute atomic E-state index is 0.0568. The van der Waals surface area contributed by atoms with E-state index in [0.717, 1.165) is 0 Å². The van der Waals surface area contributed by atoms with Gasteiger partial charge in [0.05, 0.1) is 29.9 Å². The zero-order valence-electron chi connectivity index (χ0n) is 12.2. The Kier molecular flexibility index (Phi) is 5.20. The van der Waals surface area contributed by atoms with Crippen LogP contribution in [0.15, 0.2) is 24.3 Å². The van der Waals surface area contributed by atoms with Gasteiger partial charge in [0.25, 0.3) is 0 Å². The summed E-state index contributed by atoms with van der Waals surface area (Å²) in [6.07, 6.45) is 0. The van der Waals surface area contributed by atoms with Gasteiger partial charge in [0.1, 0.15) is 0 Å². The number of amides is 1. The van der Waals surface area contributed by atoms with Gasteiger partial charge in [0, 0.05) is 13.1 Å². The number of ether oxygens (including phenoxy) is 1. The normalized spacial score (nSPS) is 19.7. The highest BCUT2D eigenvalue weighted by atomic mass is 35.5. The van der Waals surface area contributed by atoms with Gasteiger partial charge in [0.15, 0.2) is 0 Å². The minimum Gasteiger partial charge on any atom is -0.465 e. The molecule has 1 aliphatic heterocycles. The third-order valence-electron chi connectivity index (χ3n) is 3.56. The van der Waals surface area contributed by atoms with Crippen LogP contribution < -0.4 is 4.90 Å². The molecule has 1 unspecified atom stereocenters. The van der Waals surface area contributed by atoms with E-state index in [-0.39, 0.29) is 24.5 Å². The number of hydrogen-bond donors (Lipinski definition) is 0. The Labute approximate surface area is 129 Å². The average Bonchev–Trinajstić information content (AvgIpc) is 2.46. The minimum atomic E-state index is -0.376. The van der Waals surface area contributed by atoms with E-state index in [1.165, 1.54) is 0 Å². The molecule has 0 spiro atoms. The van der Waals surface area contributed by atoms with E-state index in [4.69, 9.17) is 16.3 Å². The fourth-order valence-electron chi connectivity index (χ4n) is 2.41. The van der Waals surface area contributed by atoms with Crippen LogP contribution >= 0.6 is 11.6 Å². The van der Waals surface area contributed by atoms with Crippen LogP contribution in [0, 0.1) is 0 Å². The molecule has 1 saturated heterocycles. The number of carbonyl (C=O) groups is 2. The molecular weight excluding hydrogens is 292 g/mol. The Morgan fingerprint density at radius 3 is 2.76 bits per heavy atom. The Balaban J connectivity index is 2.08. The molecule has 0 aliphatic carbocycles. The van der Waals surface area contributed by atoms with E-state index >= 15 is 0 Å². The van der Waals surface area contributed by atoms with Gasteiger partial charge in [-0.05, 0) is 26.0 Å². The molecule has 0 N–H and O–H groups in total. The molecule has 0 saturated carbocycles. The van der Waals surface area contributed by atoms with E-state index in [2.05, 4.69) is 0 Å². The predicted octanol–water partition coefficient (Wildman–Crippen LogP) is 1.94. The third-order valence-corrected chi connectivity index (χ3v) is 3.88. The molecule has 1 amide bonds. The second-order valence-electron chi connectivity index (χ2n) is 4.89. The lowest BCUT2D eigenvalue weighted by Gasteiger charge is -2.38. The van der Waals surface area contributed by atoms with Crippen molar-refractivity contribution in [3.8, 4) is 0 Å². The Morgan fingerprint density at radius 1 is 1.38 bits per heavy atom. The molecule has 0 aromatic heterocycles. The summed E-state index contributed by atoms with van der Waals surface area (Å²) >= 11 is 6.15. The fraction of sp³-hybridized carbons (Fsp3) is 0.467. The lowest BCUT2D eigenvalue weighted by molar-refractivity contribution is -0.145. The summed E-state index contributed by atoms with van der Waals surface area (Å²) in [5, 5.41) is 0.553. The zero-order valence-corrected chi connectivity index (χ0v) is 13.0.